The van der Waals surface area contributed by atoms with Crippen molar-refractivity contribution in [1.29, 1.82) is 0 Å². The molecule has 34 heavy (non-hydrogen) atoms. The van der Waals surface area contributed by atoms with Gasteiger partial charge in [0.2, 0.25) is 21.8 Å². The summed E-state index contributed by atoms with van der Waals surface area (Å²) in [5.41, 5.74) is 2.30. The Hall–Kier alpha value is -2.29. The molecule has 2 rings (SSSR count). The van der Waals surface area contributed by atoms with E-state index in [1.807, 2.05) is 26.0 Å². The van der Waals surface area contributed by atoms with Gasteiger partial charge in [-0.1, -0.05) is 53.9 Å². The molecule has 0 aromatic heterocycles. The number of nitrogens with one attached hydrogen (secondary N) is 1. The van der Waals surface area contributed by atoms with Gasteiger partial charge in [-0.2, -0.15) is 0 Å². The molecule has 1 unspecified atom stereocenters. The first-order valence-electron chi connectivity index (χ1n) is 11.0. The van der Waals surface area contributed by atoms with Crippen LogP contribution in [0.1, 0.15) is 37.3 Å². The fourth-order valence-corrected chi connectivity index (χ4v) is 4.92. The molecular formula is C24H31Cl2N3O4S. The Morgan fingerprint density at radius 3 is 2.24 bits per heavy atom. The van der Waals surface area contributed by atoms with Crippen molar-refractivity contribution in [2.24, 2.45) is 0 Å². The number of rotatable bonds is 11. The Morgan fingerprint density at radius 1 is 1.06 bits per heavy atom. The summed E-state index contributed by atoms with van der Waals surface area (Å²) in [7, 11) is -2.00. The van der Waals surface area contributed by atoms with Crippen molar-refractivity contribution in [2.75, 3.05) is 24.2 Å². The number of hydrogen-bond donors (Lipinski definition) is 1. The van der Waals surface area contributed by atoms with E-state index in [4.69, 9.17) is 23.2 Å². The molecule has 0 aliphatic carbocycles. The van der Waals surface area contributed by atoms with E-state index in [2.05, 4.69) is 5.32 Å². The fraction of sp³-hybridized carbons (Fsp3) is 0.417. The lowest BCUT2D eigenvalue weighted by atomic mass is 10.1. The highest BCUT2D eigenvalue weighted by Gasteiger charge is 2.28. The zero-order valence-electron chi connectivity index (χ0n) is 19.8. The topological polar surface area (TPSA) is 86.8 Å². The van der Waals surface area contributed by atoms with Crippen LogP contribution in [0.25, 0.3) is 0 Å². The minimum atomic E-state index is -3.53. The van der Waals surface area contributed by atoms with Gasteiger partial charge in [0.1, 0.15) is 6.04 Å². The van der Waals surface area contributed by atoms with Crippen molar-refractivity contribution < 1.29 is 18.0 Å². The highest BCUT2D eigenvalue weighted by Crippen LogP contribution is 2.25. The number of halogens is 2. The molecule has 186 valence electrons. The van der Waals surface area contributed by atoms with Crippen LogP contribution < -0.4 is 9.62 Å². The normalized spacial score (nSPS) is 12.2. The van der Waals surface area contributed by atoms with E-state index in [-0.39, 0.29) is 31.3 Å². The minimum absolute atomic E-state index is 0.0761. The van der Waals surface area contributed by atoms with Gasteiger partial charge in [0.25, 0.3) is 0 Å². The predicted octanol–water partition coefficient (Wildman–Crippen LogP) is 4.40. The highest BCUT2D eigenvalue weighted by atomic mass is 35.5. The maximum atomic E-state index is 13.3. The SMILES string of the molecule is CCC(C(=O)NC)N(Cc1ccc(Cl)c(Cl)c1)C(=O)CCCN(c1ccc(C)cc1)S(C)(=O)=O. The average Bonchev–Trinajstić information content (AvgIpc) is 2.78. The van der Waals surface area contributed by atoms with Gasteiger partial charge >= 0.3 is 0 Å². The molecule has 1 atom stereocenters. The summed E-state index contributed by atoms with van der Waals surface area (Å²) in [6.07, 6.45) is 1.93. The van der Waals surface area contributed by atoms with Crippen LogP contribution in [0.4, 0.5) is 5.69 Å². The van der Waals surface area contributed by atoms with E-state index >= 15 is 0 Å². The van der Waals surface area contributed by atoms with Gasteiger partial charge in [0, 0.05) is 26.6 Å². The molecule has 0 aliphatic heterocycles. The van der Waals surface area contributed by atoms with E-state index in [0.717, 1.165) is 17.4 Å². The summed E-state index contributed by atoms with van der Waals surface area (Å²) in [5, 5.41) is 3.37. The second-order valence-electron chi connectivity index (χ2n) is 8.08. The Bertz CT molecular complexity index is 1110. The number of amides is 2. The summed E-state index contributed by atoms with van der Waals surface area (Å²) >= 11 is 12.1. The Kier molecular flexibility index (Phi) is 10.2. The van der Waals surface area contributed by atoms with Crippen LogP contribution >= 0.6 is 23.2 Å². The monoisotopic (exact) mass is 527 g/mol. The van der Waals surface area contributed by atoms with Crippen LogP contribution in [0.2, 0.25) is 10.0 Å². The van der Waals surface area contributed by atoms with Crippen molar-refractivity contribution in [3.63, 3.8) is 0 Å². The third-order valence-electron chi connectivity index (χ3n) is 5.44. The van der Waals surface area contributed by atoms with Crippen molar-refractivity contribution in [3.05, 3.63) is 63.6 Å². The zero-order valence-corrected chi connectivity index (χ0v) is 22.2. The lowest BCUT2D eigenvalue weighted by Gasteiger charge is -2.31. The molecule has 0 spiro atoms. The zero-order chi connectivity index (χ0) is 25.5. The number of hydrogen-bond acceptors (Lipinski definition) is 4. The Labute approximate surface area is 212 Å². The molecule has 2 amide bonds. The first-order valence-corrected chi connectivity index (χ1v) is 13.6. The predicted molar refractivity (Wildman–Crippen MR) is 138 cm³/mol. The number of nitrogens with zero attached hydrogens (tertiary/aromatic N) is 2. The number of anilines is 1. The second kappa shape index (κ2) is 12.4. The average molecular weight is 529 g/mol. The Balaban J connectivity index is 2.20. The second-order valence-corrected chi connectivity index (χ2v) is 10.8. The van der Waals surface area contributed by atoms with Gasteiger partial charge in [0.05, 0.1) is 22.0 Å². The highest BCUT2D eigenvalue weighted by molar-refractivity contribution is 7.92. The van der Waals surface area contributed by atoms with E-state index in [0.29, 0.717) is 28.6 Å². The largest absolute Gasteiger partial charge is 0.357 e. The Morgan fingerprint density at radius 2 is 1.71 bits per heavy atom. The van der Waals surface area contributed by atoms with Crippen LogP contribution in [0.3, 0.4) is 0 Å². The van der Waals surface area contributed by atoms with Gasteiger partial charge in [-0.15, -0.1) is 0 Å². The third kappa shape index (κ3) is 7.61. The summed E-state index contributed by atoms with van der Waals surface area (Å²) in [6, 6.07) is 11.6. The van der Waals surface area contributed by atoms with Gasteiger partial charge in [-0.05, 0) is 49.6 Å². The molecular weight excluding hydrogens is 497 g/mol. The first-order chi connectivity index (χ1) is 16.0. The number of carbonyl (C=O) groups excluding carboxylic acids is 2. The first kappa shape index (κ1) is 28.0. The minimum Gasteiger partial charge on any atom is -0.357 e. The summed E-state index contributed by atoms with van der Waals surface area (Å²) in [5.74, 6) is -0.521. The number of aryl methyl sites for hydroxylation is 1. The molecule has 2 aromatic carbocycles. The van der Waals surface area contributed by atoms with Crippen LogP contribution in [-0.4, -0.2) is 51.0 Å². The maximum Gasteiger partial charge on any atom is 0.242 e. The van der Waals surface area contributed by atoms with Crippen LogP contribution in [0.5, 0.6) is 0 Å². The molecule has 0 fully saturated rings. The van der Waals surface area contributed by atoms with E-state index in [9.17, 15) is 18.0 Å². The quantitative estimate of drug-likeness (QED) is 0.469. The molecule has 0 saturated heterocycles. The van der Waals surface area contributed by atoms with Crippen LogP contribution in [-0.2, 0) is 26.2 Å². The fourth-order valence-electron chi connectivity index (χ4n) is 3.64. The van der Waals surface area contributed by atoms with E-state index in [1.54, 1.807) is 30.3 Å². The maximum absolute atomic E-state index is 13.3. The third-order valence-corrected chi connectivity index (χ3v) is 7.38. The molecule has 2 aromatic rings. The van der Waals surface area contributed by atoms with E-state index in [1.165, 1.54) is 16.3 Å². The lowest BCUT2D eigenvalue weighted by molar-refractivity contribution is -0.141. The summed E-state index contributed by atoms with van der Waals surface area (Å²) < 4.78 is 26.0. The molecule has 0 bridgehead atoms. The molecule has 1 N–H and O–H groups in total. The molecule has 0 saturated carbocycles. The van der Waals surface area contributed by atoms with Crippen molar-refractivity contribution in [3.8, 4) is 0 Å². The molecule has 7 nitrogen and oxygen atoms in total. The molecule has 10 heteroatoms. The number of sulfonamides is 1. The summed E-state index contributed by atoms with van der Waals surface area (Å²) in [6.45, 7) is 4.07. The van der Waals surface area contributed by atoms with Crippen molar-refractivity contribution >= 4 is 50.7 Å². The van der Waals surface area contributed by atoms with Gasteiger partial charge < -0.3 is 10.2 Å². The standard InChI is InChI=1S/C24H31Cl2N3O4S/c1-5-22(24(31)27-3)28(16-18-10-13-20(25)21(26)15-18)23(30)7-6-14-29(34(4,32)33)19-11-8-17(2)9-12-19/h8-13,15,22H,5-7,14,16H2,1-4H3,(H,27,31). The lowest BCUT2D eigenvalue weighted by Crippen LogP contribution is -2.48. The molecule has 0 heterocycles. The smallest absolute Gasteiger partial charge is 0.242 e. The summed E-state index contributed by atoms with van der Waals surface area (Å²) in [4.78, 5) is 27.2. The number of carbonyl (C=O) groups is 2. The van der Waals surface area contributed by atoms with Crippen LogP contribution in [0.15, 0.2) is 42.5 Å². The molecule has 0 aliphatic rings. The molecule has 0 radical (unpaired) electrons. The van der Waals surface area contributed by atoms with Gasteiger partial charge in [-0.25, -0.2) is 8.42 Å². The van der Waals surface area contributed by atoms with Crippen LogP contribution in [0, 0.1) is 6.92 Å². The van der Waals surface area contributed by atoms with Gasteiger partial charge in [0.15, 0.2) is 0 Å². The number of benzene rings is 2. The number of likely N-dealkylation sites (N-methyl/N-ethyl adjacent to an activating group) is 1. The van der Waals surface area contributed by atoms with Crippen molar-refractivity contribution in [2.45, 2.75) is 45.7 Å². The van der Waals surface area contributed by atoms with Gasteiger partial charge in [-0.3, -0.25) is 13.9 Å². The van der Waals surface area contributed by atoms with Crippen molar-refractivity contribution in [1.82, 2.24) is 10.2 Å². The van der Waals surface area contributed by atoms with E-state index < -0.39 is 16.1 Å².